The van der Waals surface area contributed by atoms with Gasteiger partial charge in [-0.25, -0.2) is 18.2 Å². The second-order valence-corrected chi connectivity index (χ2v) is 9.58. The summed E-state index contributed by atoms with van der Waals surface area (Å²) in [6.07, 6.45) is 2.42. The first-order chi connectivity index (χ1) is 17.1. The standard InChI is InChI=1S/C25H25FN4O5S/c1-18(30(36(2,33)34)22-6-4-3-5-7-22)25(32)29-27-16-19-8-14-23(15-9-19)35-17-24(31)28-21-12-10-20(26)11-13-21/h3-16,18H,17H2,1-2H3,(H,28,31)(H,29,32)/b27-16-/t18-/m1/s1. The van der Waals surface area contributed by atoms with E-state index in [-0.39, 0.29) is 6.61 Å². The van der Waals surface area contributed by atoms with Crippen molar-refractivity contribution in [3.8, 4) is 5.75 Å². The Balaban J connectivity index is 1.51. The lowest BCUT2D eigenvalue weighted by Crippen LogP contribution is -2.46. The lowest BCUT2D eigenvalue weighted by molar-refractivity contribution is -0.121. The summed E-state index contributed by atoms with van der Waals surface area (Å²) >= 11 is 0. The molecule has 3 aromatic carbocycles. The van der Waals surface area contributed by atoms with Gasteiger partial charge in [0.15, 0.2) is 6.61 Å². The number of benzene rings is 3. The second kappa shape index (κ2) is 11.9. The zero-order chi connectivity index (χ0) is 26.1. The minimum atomic E-state index is -3.71. The predicted octanol–water partition coefficient (Wildman–Crippen LogP) is 3.15. The molecule has 0 aromatic heterocycles. The fourth-order valence-corrected chi connectivity index (χ4v) is 4.35. The van der Waals surface area contributed by atoms with E-state index >= 15 is 0 Å². The highest BCUT2D eigenvalue weighted by molar-refractivity contribution is 7.92. The first-order valence-corrected chi connectivity index (χ1v) is 12.6. The van der Waals surface area contributed by atoms with Gasteiger partial charge in [-0.3, -0.25) is 13.9 Å². The molecule has 188 valence electrons. The van der Waals surface area contributed by atoms with Crippen LogP contribution in [-0.4, -0.2) is 45.4 Å². The molecule has 9 nitrogen and oxygen atoms in total. The van der Waals surface area contributed by atoms with Crippen LogP contribution in [0.3, 0.4) is 0 Å². The molecule has 1 atom stereocenters. The van der Waals surface area contributed by atoms with Crippen molar-refractivity contribution in [1.82, 2.24) is 5.43 Å². The smallest absolute Gasteiger partial charge is 0.263 e. The van der Waals surface area contributed by atoms with Gasteiger partial charge in [0.25, 0.3) is 11.8 Å². The molecule has 2 amide bonds. The van der Waals surface area contributed by atoms with E-state index in [1.54, 1.807) is 54.6 Å². The number of carbonyl (C=O) groups is 2. The molecule has 0 unspecified atom stereocenters. The molecule has 36 heavy (non-hydrogen) atoms. The van der Waals surface area contributed by atoms with E-state index in [1.165, 1.54) is 37.4 Å². The minimum absolute atomic E-state index is 0.239. The van der Waals surface area contributed by atoms with Gasteiger partial charge in [0.1, 0.15) is 17.6 Å². The van der Waals surface area contributed by atoms with Crippen LogP contribution in [0.4, 0.5) is 15.8 Å². The molecule has 11 heteroatoms. The largest absolute Gasteiger partial charge is 0.484 e. The first kappa shape index (κ1) is 26.4. The summed E-state index contributed by atoms with van der Waals surface area (Å²) in [4.78, 5) is 24.5. The number of para-hydroxylation sites is 1. The summed E-state index contributed by atoms with van der Waals surface area (Å²) in [5.74, 6) is -0.967. The fourth-order valence-electron chi connectivity index (χ4n) is 3.18. The highest BCUT2D eigenvalue weighted by Gasteiger charge is 2.28. The number of anilines is 2. The van der Waals surface area contributed by atoms with E-state index < -0.39 is 33.7 Å². The summed E-state index contributed by atoms with van der Waals surface area (Å²) in [6.45, 7) is 1.23. The predicted molar refractivity (Wildman–Crippen MR) is 136 cm³/mol. The van der Waals surface area contributed by atoms with Gasteiger partial charge < -0.3 is 10.1 Å². The van der Waals surface area contributed by atoms with E-state index in [1.807, 2.05) is 0 Å². The van der Waals surface area contributed by atoms with Crippen LogP contribution in [0.2, 0.25) is 0 Å². The van der Waals surface area contributed by atoms with E-state index in [2.05, 4.69) is 15.8 Å². The molecule has 0 radical (unpaired) electrons. The quantitative estimate of drug-likeness (QED) is 0.320. The molecule has 0 saturated heterocycles. The molecule has 0 saturated carbocycles. The summed E-state index contributed by atoms with van der Waals surface area (Å²) in [5.41, 5.74) is 3.81. The summed E-state index contributed by atoms with van der Waals surface area (Å²) in [5, 5.41) is 6.49. The van der Waals surface area contributed by atoms with Gasteiger partial charge in [-0.2, -0.15) is 5.10 Å². The Kier molecular flexibility index (Phi) is 8.74. The number of halogens is 1. The molecular formula is C25H25FN4O5S. The van der Waals surface area contributed by atoms with Gasteiger partial charge in [0, 0.05) is 5.69 Å². The van der Waals surface area contributed by atoms with E-state index in [4.69, 9.17) is 4.74 Å². The molecule has 0 fully saturated rings. The fraction of sp³-hybridized carbons (Fsp3) is 0.160. The van der Waals surface area contributed by atoms with E-state index in [0.717, 1.165) is 10.6 Å². The molecule has 0 spiro atoms. The number of ether oxygens (including phenoxy) is 1. The van der Waals surface area contributed by atoms with Crippen LogP contribution in [-0.2, 0) is 19.6 Å². The monoisotopic (exact) mass is 512 g/mol. The van der Waals surface area contributed by atoms with Gasteiger partial charge in [-0.1, -0.05) is 18.2 Å². The van der Waals surface area contributed by atoms with Crippen LogP contribution in [0, 0.1) is 5.82 Å². The third-order valence-corrected chi connectivity index (χ3v) is 6.11. The van der Waals surface area contributed by atoms with Crippen LogP contribution in [0.1, 0.15) is 12.5 Å². The highest BCUT2D eigenvalue weighted by Crippen LogP contribution is 2.20. The molecular weight excluding hydrogens is 487 g/mol. The van der Waals surface area contributed by atoms with Crippen LogP contribution in [0.15, 0.2) is 84.0 Å². The number of nitrogens with zero attached hydrogens (tertiary/aromatic N) is 2. The molecule has 0 aliphatic heterocycles. The van der Waals surface area contributed by atoms with Crippen molar-refractivity contribution in [1.29, 1.82) is 0 Å². The maximum atomic E-state index is 12.9. The van der Waals surface area contributed by atoms with Gasteiger partial charge in [-0.05, 0) is 73.2 Å². The Morgan fingerprint density at radius 3 is 2.28 bits per heavy atom. The van der Waals surface area contributed by atoms with Crippen molar-refractivity contribution in [2.75, 3.05) is 22.5 Å². The Morgan fingerprint density at radius 1 is 1.03 bits per heavy atom. The van der Waals surface area contributed by atoms with E-state index in [9.17, 15) is 22.4 Å². The van der Waals surface area contributed by atoms with Crippen molar-refractivity contribution < 1.29 is 27.1 Å². The van der Waals surface area contributed by atoms with Gasteiger partial charge in [0.2, 0.25) is 10.0 Å². The third kappa shape index (κ3) is 7.64. The lowest BCUT2D eigenvalue weighted by atomic mass is 10.2. The molecule has 2 N–H and O–H groups in total. The maximum Gasteiger partial charge on any atom is 0.263 e. The normalized spacial score (nSPS) is 12.1. The zero-order valence-electron chi connectivity index (χ0n) is 19.6. The van der Waals surface area contributed by atoms with Crippen molar-refractivity contribution in [3.05, 3.63) is 90.2 Å². The number of carbonyl (C=O) groups excluding carboxylic acids is 2. The number of hydrogen-bond acceptors (Lipinski definition) is 6. The van der Waals surface area contributed by atoms with Crippen LogP contribution in [0.5, 0.6) is 5.75 Å². The lowest BCUT2D eigenvalue weighted by Gasteiger charge is -2.27. The molecule has 0 bridgehead atoms. The van der Waals surface area contributed by atoms with Crippen molar-refractivity contribution >= 4 is 39.4 Å². The Hall–Kier alpha value is -4.25. The molecule has 0 heterocycles. The summed E-state index contributed by atoms with van der Waals surface area (Å²) in [6, 6.07) is 19.2. The van der Waals surface area contributed by atoms with Gasteiger partial charge in [0.05, 0.1) is 18.2 Å². The van der Waals surface area contributed by atoms with Crippen molar-refractivity contribution in [3.63, 3.8) is 0 Å². The zero-order valence-corrected chi connectivity index (χ0v) is 20.4. The van der Waals surface area contributed by atoms with Crippen LogP contribution < -0.4 is 19.8 Å². The SMILES string of the molecule is C[C@H](C(=O)N/N=C\c1ccc(OCC(=O)Nc2ccc(F)cc2)cc1)N(c1ccccc1)S(C)(=O)=O. The molecule has 3 aromatic rings. The number of hydrazone groups is 1. The second-order valence-electron chi connectivity index (χ2n) is 7.72. The average Bonchev–Trinajstić information content (AvgIpc) is 2.85. The number of rotatable bonds is 10. The van der Waals surface area contributed by atoms with Crippen molar-refractivity contribution in [2.24, 2.45) is 5.10 Å². The molecule has 0 aliphatic rings. The number of sulfonamides is 1. The average molecular weight is 513 g/mol. The van der Waals surface area contributed by atoms with Gasteiger partial charge >= 0.3 is 0 Å². The summed E-state index contributed by atoms with van der Waals surface area (Å²) in [7, 11) is -3.71. The number of amides is 2. The number of hydrogen-bond donors (Lipinski definition) is 2. The Labute approximate surface area is 208 Å². The van der Waals surface area contributed by atoms with Crippen LogP contribution in [0.25, 0.3) is 0 Å². The Morgan fingerprint density at radius 2 is 1.67 bits per heavy atom. The maximum absolute atomic E-state index is 12.9. The van der Waals surface area contributed by atoms with E-state index in [0.29, 0.717) is 22.7 Å². The number of nitrogens with one attached hydrogen (secondary N) is 2. The molecule has 3 rings (SSSR count). The van der Waals surface area contributed by atoms with Crippen LogP contribution >= 0.6 is 0 Å². The highest BCUT2D eigenvalue weighted by atomic mass is 32.2. The molecule has 0 aliphatic carbocycles. The van der Waals surface area contributed by atoms with Gasteiger partial charge in [-0.15, -0.1) is 0 Å². The third-order valence-electron chi connectivity index (χ3n) is 4.87. The first-order valence-electron chi connectivity index (χ1n) is 10.8. The minimum Gasteiger partial charge on any atom is -0.484 e. The summed E-state index contributed by atoms with van der Waals surface area (Å²) < 4.78 is 43.9. The van der Waals surface area contributed by atoms with Crippen molar-refractivity contribution in [2.45, 2.75) is 13.0 Å². The topological polar surface area (TPSA) is 117 Å². The Bertz CT molecular complexity index is 1310.